The molecule has 1 aliphatic heterocycles. The first-order chi connectivity index (χ1) is 8.66. The predicted molar refractivity (Wildman–Crippen MR) is 70.3 cm³/mol. The average Bonchev–Trinajstić information content (AvgIpc) is 2.69. The quantitative estimate of drug-likeness (QED) is 0.357. The van der Waals surface area contributed by atoms with Crippen molar-refractivity contribution >= 4 is 39.3 Å². The van der Waals surface area contributed by atoms with Crippen molar-refractivity contribution in [1.29, 1.82) is 0 Å². The van der Waals surface area contributed by atoms with Gasteiger partial charge in [-0.05, 0) is 0 Å². The summed E-state index contributed by atoms with van der Waals surface area (Å²) in [7, 11) is 2.49. The first-order valence-corrected chi connectivity index (χ1v) is 7.66. The van der Waals surface area contributed by atoms with Crippen LogP contribution in [-0.4, -0.2) is 28.7 Å². The third-order valence-electron chi connectivity index (χ3n) is 2.30. The minimum absolute atomic E-state index is 0.00536. The second-order valence-corrected chi connectivity index (χ2v) is 6.20. The summed E-state index contributed by atoms with van der Waals surface area (Å²) in [6.45, 7) is 0. The molecule has 2 rings (SSSR count). The highest BCUT2D eigenvalue weighted by Gasteiger charge is 2.34. The standard InChI is InChI=1S/C12H10O4S2/c13-9(8-4-2-1-3-5-8)7-17-18-10-6-11(14)16-12(10)15/h1-5,10H,6-7H2. The predicted octanol–water partition coefficient (Wildman–Crippen LogP) is 2.09. The summed E-state index contributed by atoms with van der Waals surface area (Å²) in [4.78, 5) is 33.8. The fourth-order valence-corrected chi connectivity index (χ4v) is 3.70. The van der Waals surface area contributed by atoms with E-state index >= 15 is 0 Å². The van der Waals surface area contributed by atoms with E-state index in [2.05, 4.69) is 4.74 Å². The summed E-state index contributed by atoms with van der Waals surface area (Å²) in [5, 5.41) is -0.480. The molecule has 18 heavy (non-hydrogen) atoms. The van der Waals surface area contributed by atoms with E-state index < -0.39 is 17.2 Å². The van der Waals surface area contributed by atoms with Crippen LogP contribution in [0.25, 0.3) is 0 Å². The van der Waals surface area contributed by atoms with Gasteiger partial charge in [-0.15, -0.1) is 0 Å². The van der Waals surface area contributed by atoms with E-state index in [1.165, 1.54) is 21.6 Å². The van der Waals surface area contributed by atoms with Gasteiger partial charge >= 0.3 is 11.9 Å². The molecule has 0 aliphatic carbocycles. The van der Waals surface area contributed by atoms with Crippen molar-refractivity contribution in [3.8, 4) is 0 Å². The van der Waals surface area contributed by atoms with E-state index in [1.807, 2.05) is 6.07 Å². The maximum atomic E-state index is 11.7. The zero-order valence-corrected chi connectivity index (χ0v) is 11.0. The summed E-state index contributed by atoms with van der Waals surface area (Å²) in [6, 6.07) is 8.96. The molecule has 0 amide bonds. The smallest absolute Gasteiger partial charge is 0.328 e. The van der Waals surface area contributed by atoms with Gasteiger partial charge in [0.25, 0.3) is 0 Å². The van der Waals surface area contributed by atoms with E-state index in [0.717, 1.165) is 0 Å². The highest BCUT2D eigenvalue weighted by molar-refractivity contribution is 8.77. The van der Waals surface area contributed by atoms with Crippen LogP contribution in [0.2, 0.25) is 0 Å². The topological polar surface area (TPSA) is 60.4 Å². The second-order valence-electron chi connectivity index (χ2n) is 3.63. The van der Waals surface area contributed by atoms with Crippen molar-refractivity contribution in [2.75, 3.05) is 5.75 Å². The first-order valence-electron chi connectivity index (χ1n) is 5.28. The number of cyclic esters (lactones) is 2. The minimum atomic E-state index is -0.510. The molecule has 1 aromatic carbocycles. The van der Waals surface area contributed by atoms with Gasteiger partial charge in [0.1, 0.15) is 5.25 Å². The van der Waals surface area contributed by atoms with Crippen LogP contribution in [0.3, 0.4) is 0 Å². The number of esters is 2. The minimum Gasteiger partial charge on any atom is -0.392 e. The number of rotatable bonds is 5. The van der Waals surface area contributed by atoms with Gasteiger partial charge in [-0.3, -0.25) is 14.4 Å². The monoisotopic (exact) mass is 282 g/mol. The van der Waals surface area contributed by atoms with Crippen molar-refractivity contribution in [3.05, 3.63) is 35.9 Å². The van der Waals surface area contributed by atoms with Crippen LogP contribution in [0.15, 0.2) is 30.3 Å². The Morgan fingerprint density at radius 3 is 2.61 bits per heavy atom. The molecule has 1 atom stereocenters. The zero-order chi connectivity index (χ0) is 13.0. The Balaban J connectivity index is 1.78. The lowest BCUT2D eigenvalue weighted by Gasteiger charge is -2.03. The van der Waals surface area contributed by atoms with Gasteiger partial charge in [0.15, 0.2) is 5.78 Å². The molecule has 1 unspecified atom stereocenters. The van der Waals surface area contributed by atoms with Gasteiger partial charge in [-0.1, -0.05) is 51.9 Å². The molecule has 0 aromatic heterocycles. The van der Waals surface area contributed by atoms with Crippen molar-refractivity contribution in [3.63, 3.8) is 0 Å². The zero-order valence-electron chi connectivity index (χ0n) is 9.33. The Hall–Kier alpha value is -1.27. The largest absolute Gasteiger partial charge is 0.392 e. The Morgan fingerprint density at radius 1 is 1.28 bits per heavy atom. The van der Waals surface area contributed by atoms with E-state index in [-0.39, 0.29) is 18.0 Å². The number of ketones is 1. The molecule has 0 N–H and O–H groups in total. The van der Waals surface area contributed by atoms with Gasteiger partial charge in [-0.25, -0.2) is 0 Å². The van der Waals surface area contributed by atoms with Gasteiger partial charge < -0.3 is 4.74 Å². The number of benzene rings is 1. The molecule has 1 aromatic rings. The number of Topliss-reactive ketones (excluding diaryl/α,β-unsaturated/α-hetero) is 1. The summed E-state index contributed by atoms with van der Waals surface area (Å²) in [5.74, 6) is -0.727. The number of hydrogen-bond donors (Lipinski definition) is 0. The Labute approximate surface area is 112 Å². The molecule has 0 spiro atoms. The molecule has 94 valence electrons. The summed E-state index contributed by atoms with van der Waals surface area (Å²) in [6.07, 6.45) is 0.0933. The number of carbonyl (C=O) groups excluding carboxylic acids is 3. The van der Waals surface area contributed by atoms with Crippen molar-refractivity contribution in [1.82, 2.24) is 0 Å². The number of ether oxygens (including phenoxy) is 1. The van der Waals surface area contributed by atoms with Gasteiger partial charge in [0.05, 0.1) is 12.2 Å². The maximum Gasteiger partial charge on any atom is 0.328 e. The second kappa shape index (κ2) is 6.06. The van der Waals surface area contributed by atoms with Gasteiger partial charge in [0, 0.05) is 5.56 Å². The molecule has 1 heterocycles. The van der Waals surface area contributed by atoms with Crippen LogP contribution in [0, 0.1) is 0 Å². The van der Waals surface area contributed by atoms with Crippen LogP contribution >= 0.6 is 21.6 Å². The lowest BCUT2D eigenvalue weighted by atomic mass is 10.2. The number of hydrogen-bond acceptors (Lipinski definition) is 6. The van der Waals surface area contributed by atoms with Gasteiger partial charge in [-0.2, -0.15) is 0 Å². The molecule has 0 saturated carbocycles. The van der Waals surface area contributed by atoms with Gasteiger partial charge in [0.2, 0.25) is 0 Å². The fraction of sp³-hybridized carbons (Fsp3) is 0.250. The Morgan fingerprint density at radius 2 is 2.00 bits per heavy atom. The molecule has 4 nitrogen and oxygen atoms in total. The van der Waals surface area contributed by atoms with E-state index in [0.29, 0.717) is 5.56 Å². The van der Waals surface area contributed by atoms with Crippen LogP contribution < -0.4 is 0 Å². The summed E-state index contributed by atoms with van der Waals surface area (Å²) in [5.41, 5.74) is 0.649. The lowest BCUT2D eigenvalue weighted by Crippen LogP contribution is -2.09. The maximum absolute atomic E-state index is 11.7. The molecule has 6 heteroatoms. The Kier molecular flexibility index (Phi) is 4.43. The normalized spacial score (nSPS) is 18.8. The fourth-order valence-electron chi connectivity index (χ4n) is 1.40. The highest BCUT2D eigenvalue weighted by atomic mass is 33.1. The van der Waals surface area contributed by atoms with E-state index in [1.54, 1.807) is 24.3 Å². The summed E-state index contributed by atoms with van der Waals surface area (Å²) < 4.78 is 4.42. The van der Waals surface area contributed by atoms with Crippen molar-refractivity contribution in [2.45, 2.75) is 11.7 Å². The van der Waals surface area contributed by atoms with Crippen LogP contribution in [0.5, 0.6) is 0 Å². The Bertz CT molecular complexity index is 472. The third-order valence-corrected chi connectivity index (χ3v) is 4.87. The van der Waals surface area contributed by atoms with Crippen molar-refractivity contribution < 1.29 is 19.1 Å². The van der Waals surface area contributed by atoms with E-state index in [4.69, 9.17) is 0 Å². The molecular weight excluding hydrogens is 272 g/mol. The van der Waals surface area contributed by atoms with Crippen molar-refractivity contribution in [2.24, 2.45) is 0 Å². The average molecular weight is 282 g/mol. The molecular formula is C12H10O4S2. The van der Waals surface area contributed by atoms with Crippen LogP contribution in [-0.2, 0) is 14.3 Å². The summed E-state index contributed by atoms with van der Waals surface area (Å²) >= 11 is 0. The third kappa shape index (κ3) is 3.36. The molecule has 0 bridgehead atoms. The number of carbonyl (C=O) groups is 3. The van der Waals surface area contributed by atoms with Crippen LogP contribution in [0.1, 0.15) is 16.8 Å². The molecule has 1 aliphatic rings. The SMILES string of the molecule is O=C1CC(SSCC(=O)c2ccccc2)C(=O)O1. The molecule has 0 radical (unpaired) electrons. The van der Waals surface area contributed by atoms with E-state index in [9.17, 15) is 14.4 Å². The molecule has 1 saturated heterocycles. The highest BCUT2D eigenvalue weighted by Crippen LogP contribution is 2.33. The first kappa shape index (κ1) is 13.2. The van der Waals surface area contributed by atoms with Crippen LogP contribution in [0.4, 0.5) is 0 Å². The molecule has 1 fully saturated rings. The lowest BCUT2D eigenvalue weighted by molar-refractivity contribution is -0.151.